The molecule has 0 aromatic heterocycles. The molecule has 0 saturated carbocycles. The van der Waals surface area contributed by atoms with E-state index in [1.54, 1.807) is 7.11 Å². The molecule has 102 valence electrons. The minimum absolute atomic E-state index is 0.0357. The zero-order valence-corrected chi connectivity index (χ0v) is 12.1. The highest BCUT2D eigenvalue weighted by atomic mass is 16.5. The molecule has 1 aliphatic rings. The van der Waals surface area contributed by atoms with Gasteiger partial charge in [-0.1, -0.05) is 0 Å². The summed E-state index contributed by atoms with van der Waals surface area (Å²) in [6.45, 7) is 7.21. The number of rotatable bonds is 5. The molecule has 0 spiro atoms. The van der Waals surface area contributed by atoms with Crippen molar-refractivity contribution in [3.05, 3.63) is 0 Å². The predicted molar refractivity (Wildman–Crippen MR) is 72.2 cm³/mol. The van der Waals surface area contributed by atoms with Gasteiger partial charge in [-0.2, -0.15) is 0 Å². The van der Waals surface area contributed by atoms with Crippen LogP contribution in [0.5, 0.6) is 0 Å². The number of hydrogen-bond acceptors (Lipinski definition) is 4. The molecule has 2 unspecified atom stereocenters. The van der Waals surface area contributed by atoms with Crippen molar-refractivity contribution in [2.24, 2.45) is 5.73 Å². The van der Waals surface area contributed by atoms with E-state index in [1.807, 2.05) is 0 Å². The SMILES string of the molecule is COC(C)C(C)(CN)N1CCC(N(C)C)CC1. The summed E-state index contributed by atoms with van der Waals surface area (Å²) < 4.78 is 5.50. The molecule has 1 heterocycles. The molecule has 1 rings (SSSR count). The maximum atomic E-state index is 5.98. The molecule has 1 fully saturated rings. The fourth-order valence-electron chi connectivity index (χ4n) is 2.70. The Kier molecular flexibility index (Phi) is 5.38. The van der Waals surface area contributed by atoms with E-state index in [2.05, 4.69) is 37.7 Å². The van der Waals surface area contributed by atoms with Gasteiger partial charge in [0.25, 0.3) is 0 Å². The molecule has 0 aromatic carbocycles. The van der Waals surface area contributed by atoms with Crippen LogP contribution in [0.25, 0.3) is 0 Å². The Labute approximate surface area is 106 Å². The van der Waals surface area contributed by atoms with Crippen molar-refractivity contribution in [1.29, 1.82) is 0 Å². The van der Waals surface area contributed by atoms with Crippen LogP contribution in [0.1, 0.15) is 26.7 Å². The first-order valence-electron chi connectivity index (χ1n) is 6.60. The Hall–Kier alpha value is -0.160. The Bertz CT molecular complexity index is 227. The molecule has 4 heteroatoms. The van der Waals surface area contributed by atoms with E-state index in [0.717, 1.165) is 13.1 Å². The van der Waals surface area contributed by atoms with Crippen molar-refractivity contribution >= 4 is 0 Å². The molecular formula is C13H29N3O. The second kappa shape index (κ2) is 6.14. The van der Waals surface area contributed by atoms with Crippen LogP contribution in [0, 0.1) is 0 Å². The highest BCUT2D eigenvalue weighted by Crippen LogP contribution is 2.26. The van der Waals surface area contributed by atoms with Gasteiger partial charge in [0.15, 0.2) is 0 Å². The Morgan fingerprint density at radius 3 is 2.29 bits per heavy atom. The van der Waals surface area contributed by atoms with E-state index in [9.17, 15) is 0 Å². The van der Waals surface area contributed by atoms with Crippen LogP contribution in [0.15, 0.2) is 0 Å². The summed E-state index contributed by atoms with van der Waals surface area (Å²) in [6, 6.07) is 0.714. The zero-order valence-electron chi connectivity index (χ0n) is 12.1. The number of hydrogen-bond donors (Lipinski definition) is 1. The van der Waals surface area contributed by atoms with Crippen LogP contribution in [0.4, 0.5) is 0 Å². The molecular weight excluding hydrogens is 214 g/mol. The van der Waals surface area contributed by atoms with Gasteiger partial charge in [0.05, 0.1) is 11.6 Å². The maximum absolute atomic E-state index is 5.98. The van der Waals surface area contributed by atoms with Crippen molar-refractivity contribution in [2.45, 2.75) is 44.4 Å². The fourth-order valence-corrected chi connectivity index (χ4v) is 2.70. The lowest BCUT2D eigenvalue weighted by atomic mass is 9.90. The van der Waals surface area contributed by atoms with E-state index < -0.39 is 0 Å². The quantitative estimate of drug-likeness (QED) is 0.774. The molecule has 0 bridgehead atoms. The number of nitrogens with two attached hydrogens (primary N) is 1. The minimum atomic E-state index is -0.0357. The molecule has 0 aromatic rings. The number of methoxy groups -OCH3 is 1. The first-order valence-corrected chi connectivity index (χ1v) is 6.60. The van der Waals surface area contributed by atoms with E-state index in [-0.39, 0.29) is 11.6 Å². The Morgan fingerprint density at radius 2 is 1.94 bits per heavy atom. The number of piperidine rings is 1. The van der Waals surface area contributed by atoms with Gasteiger partial charge in [0.2, 0.25) is 0 Å². The van der Waals surface area contributed by atoms with E-state index in [0.29, 0.717) is 12.6 Å². The molecule has 4 nitrogen and oxygen atoms in total. The third kappa shape index (κ3) is 3.19. The van der Waals surface area contributed by atoms with Crippen molar-refractivity contribution in [3.63, 3.8) is 0 Å². The largest absolute Gasteiger partial charge is 0.380 e. The molecule has 2 atom stereocenters. The summed E-state index contributed by atoms with van der Waals surface area (Å²) in [5, 5.41) is 0. The molecule has 2 N–H and O–H groups in total. The summed E-state index contributed by atoms with van der Waals surface area (Å²) in [5.74, 6) is 0. The van der Waals surface area contributed by atoms with E-state index in [1.165, 1.54) is 12.8 Å². The monoisotopic (exact) mass is 243 g/mol. The predicted octanol–water partition coefficient (Wildman–Crippen LogP) is 0.765. The summed E-state index contributed by atoms with van der Waals surface area (Å²) in [6.07, 6.45) is 2.61. The number of nitrogens with zero attached hydrogens (tertiary/aromatic N) is 2. The lowest BCUT2D eigenvalue weighted by Gasteiger charge is -2.48. The first kappa shape index (κ1) is 14.9. The number of likely N-dealkylation sites (tertiary alicyclic amines) is 1. The molecule has 17 heavy (non-hydrogen) atoms. The zero-order chi connectivity index (χ0) is 13.1. The van der Waals surface area contributed by atoms with Crippen LogP contribution < -0.4 is 5.73 Å². The molecule has 1 aliphatic heterocycles. The highest BCUT2D eigenvalue weighted by molar-refractivity contribution is 4.95. The lowest BCUT2D eigenvalue weighted by molar-refractivity contribution is -0.0461. The average molecular weight is 243 g/mol. The molecule has 0 amide bonds. The summed E-state index contributed by atoms with van der Waals surface area (Å²) in [5.41, 5.74) is 5.94. The van der Waals surface area contributed by atoms with Gasteiger partial charge in [-0.05, 0) is 40.8 Å². The van der Waals surface area contributed by atoms with Crippen molar-refractivity contribution in [1.82, 2.24) is 9.80 Å². The first-order chi connectivity index (χ1) is 7.95. The van der Waals surface area contributed by atoms with Crippen LogP contribution in [0.3, 0.4) is 0 Å². The summed E-state index contributed by atoms with van der Waals surface area (Å²) in [7, 11) is 6.10. The molecule has 1 saturated heterocycles. The van der Waals surface area contributed by atoms with Gasteiger partial charge in [-0.3, -0.25) is 4.90 Å². The maximum Gasteiger partial charge on any atom is 0.0736 e. The molecule has 0 radical (unpaired) electrons. The van der Waals surface area contributed by atoms with E-state index >= 15 is 0 Å². The van der Waals surface area contributed by atoms with Gasteiger partial charge >= 0.3 is 0 Å². The molecule has 0 aliphatic carbocycles. The van der Waals surface area contributed by atoms with Crippen molar-refractivity contribution in [2.75, 3.05) is 40.8 Å². The summed E-state index contributed by atoms with van der Waals surface area (Å²) in [4.78, 5) is 4.83. The minimum Gasteiger partial charge on any atom is -0.380 e. The van der Waals surface area contributed by atoms with Crippen LogP contribution >= 0.6 is 0 Å². The highest BCUT2D eigenvalue weighted by Gasteiger charge is 2.38. The van der Waals surface area contributed by atoms with E-state index in [4.69, 9.17) is 10.5 Å². The Morgan fingerprint density at radius 1 is 1.41 bits per heavy atom. The van der Waals surface area contributed by atoms with Gasteiger partial charge in [0, 0.05) is 32.8 Å². The normalized spacial score (nSPS) is 24.9. The van der Waals surface area contributed by atoms with Crippen molar-refractivity contribution in [3.8, 4) is 0 Å². The van der Waals surface area contributed by atoms with Gasteiger partial charge in [-0.25, -0.2) is 0 Å². The lowest BCUT2D eigenvalue weighted by Crippen LogP contribution is -2.61. The van der Waals surface area contributed by atoms with Gasteiger partial charge in [-0.15, -0.1) is 0 Å². The topological polar surface area (TPSA) is 41.7 Å². The summed E-state index contributed by atoms with van der Waals surface area (Å²) >= 11 is 0. The third-order valence-electron chi connectivity index (χ3n) is 4.56. The second-order valence-electron chi connectivity index (χ2n) is 5.62. The number of ether oxygens (including phenoxy) is 1. The van der Waals surface area contributed by atoms with Crippen LogP contribution in [-0.2, 0) is 4.74 Å². The van der Waals surface area contributed by atoms with Crippen molar-refractivity contribution < 1.29 is 4.74 Å². The van der Waals surface area contributed by atoms with Gasteiger partial charge < -0.3 is 15.4 Å². The standard InChI is InChI=1S/C13H29N3O/c1-11(17-5)13(2,10-14)16-8-6-12(7-9-16)15(3)4/h11-12H,6-10,14H2,1-5H3. The fraction of sp³-hybridized carbons (Fsp3) is 1.00. The average Bonchev–Trinajstić information content (AvgIpc) is 2.36. The third-order valence-corrected chi connectivity index (χ3v) is 4.56. The Balaban J connectivity index is 2.62. The van der Waals surface area contributed by atoms with Crippen LogP contribution in [0.2, 0.25) is 0 Å². The van der Waals surface area contributed by atoms with Crippen LogP contribution in [-0.4, -0.2) is 68.3 Å². The van der Waals surface area contributed by atoms with Gasteiger partial charge in [0.1, 0.15) is 0 Å². The second-order valence-corrected chi connectivity index (χ2v) is 5.62. The smallest absolute Gasteiger partial charge is 0.0736 e.